The summed E-state index contributed by atoms with van der Waals surface area (Å²) in [7, 11) is 0. The molecule has 0 amide bonds. The number of rotatable bonds is 1. The van der Waals surface area contributed by atoms with E-state index in [0.717, 1.165) is 18.8 Å². The van der Waals surface area contributed by atoms with Gasteiger partial charge < -0.3 is 10.9 Å². The molecule has 1 aromatic carbocycles. The Kier molecular flexibility index (Phi) is 2.35. The maximum Gasteiger partial charge on any atom is 0.142 e. The van der Waals surface area contributed by atoms with Crippen molar-refractivity contribution in [3.8, 4) is 0 Å². The minimum atomic E-state index is 0.190. The summed E-state index contributed by atoms with van der Waals surface area (Å²) in [6, 6.07) is 4.69. The summed E-state index contributed by atoms with van der Waals surface area (Å²) in [6.45, 7) is 2.31. The van der Waals surface area contributed by atoms with Crippen molar-refractivity contribution in [2.45, 2.75) is 32.6 Å². The highest BCUT2D eigenvalue weighted by Gasteiger charge is 2.28. The van der Waals surface area contributed by atoms with E-state index < -0.39 is 0 Å². The minimum absolute atomic E-state index is 0.190. The molecule has 3 nitrogen and oxygen atoms in total. The number of hydrogen-bond acceptors (Lipinski definition) is 2. The molecule has 90 valence electrons. The van der Waals surface area contributed by atoms with Crippen LogP contribution in [0.4, 0.5) is 0 Å². The molecule has 0 radical (unpaired) electrons. The Hall–Kier alpha value is -1.51. The van der Waals surface area contributed by atoms with Crippen molar-refractivity contribution in [1.82, 2.24) is 0 Å². The van der Waals surface area contributed by atoms with Crippen molar-refractivity contribution < 1.29 is 5.21 Å². The summed E-state index contributed by atoms with van der Waals surface area (Å²) in [5, 5.41) is 11.9. The van der Waals surface area contributed by atoms with Crippen LogP contribution in [0.2, 0.25) is 0 Å². The predicted octanol–water partition coefficient (Wildman–Crippen LogP) is 1.88. The van der Waals surface area contributed by atoms with Crippen LogP contribution in [0, 0.1) is 11.8 Å². The third-order valence-corrected chi connectivity index (χ3v) is 4.12. The fourth-order valence-electron chi connectivity index (χ4n) is 3.27. The summed E-state index contributed by atoms with van der Waals surface area (Å²) < 4.78 is 0. The van der Waals surface area contributed by atoms with Crippen LogP contribution in [0.3, 0.4) is 0 Å². The maximum absolute atomic E-state index is 8.74. The van der Waals surface area contributed by atoms with Crippen LogP contribution in [0.25, 0.3) is 0 Å². The number of benzene rings is 1. The first-order valence-electron chi connectivity index (χ1n) is 6.28. The quantitative estimate of drug-likeness (QED) is 0.335. The first-order chi connectivity index (χ1) is 8.17. The fraction of sp³-hybridized carbons (Fsp3) is 0.500. The SMILES string of the molecule is CC1Cc2cc3c(cc2C1)CC(C(N)=NO)C3. The first kappa shape index (κ1) is 10.6. The van der Waals surface area contributed by atoms with E-state index >= 15 is 0 Å². The average molecular weight is 230 g/mol. The van der Waals surface area contributed by atoms with Gasteiger partial charge in [0.1, 0.15) is 5.84 Å². The number of fused-ring (bicyclic) bond motifs is 2. The van der Waals surface area contributed by atoms with Gasteiger partial charge in [-0.2, -0.15) is 0 Å². The molecule has 0 fully saturated rings. The molecule has 1 aromatic rings. The molecule has 0 saturated carbocycles. The molecule has 0 atom stereocenters. The van der Waals surface area contributed by atoms with Gasteiger partial charge in [0.05, 0.1) is 0 Å². The van der Waals surface area contributed by atoms with Gasteiger partial charge in [0.15, 0.2) is 0 Å². The van der Waals surface area contributed by atoms with E-state index in [1.165, 1.54) is 35.1 Å². The highest BCUT2D eigenvalue weighted by molar-refractivity contribution is 5.83. The lowest BCUT2D eigenvalue weighted by Gasteiger charge is -2.04. The molecule has 17 heavy (non-hydrogen) atoms. The summed E-state index contributed by atoms with van der Waals surface area (Å²) in [5.74, 6) is 1.34. The molecule has 0 spiro atoms. The van der Waals surface area contributed by atoms with Crippen molar-refractivity contribution in [1.29, 1.82) is 0 Å². The van der Waals surface area contributed by atoms with E-state index in [0.29, 0.717) is 5.84 Å². The molecule has 2 aliphatic rings. The van der Waals surface area contributed by atoms with Gasteiger partial charge >= 0.3 is 0 Å². The summed E-state index contributed by atoms with van der Waals surface area (Å²) >= 11 is 0. The van der Waals surface area contributed by atoms with Crippen molar-refractivity contribution >= 4 is 5.84 Å². The third kappa shape index (κ3) is 1.70. The minimum Gasteiger partial charge on any atom is -0.409 e. The van der Waals surface area contributed by atoms with Crippen molar-refractivity contribution in [3.05, 3.63) is 34.4 Å². The van der Waals surface area contributed by atoms with Crippen LogP contribution in [-0.4, -0.2) is 11.0 Å². The van der Waals surface area contributed by atoms with E-state index in [4.69, 9.17) is 10.9 Å². The standard InChI is InChI=1S/C14H18N2O/c1-8-2-9-4-11-6-13(14(15)16-17)7-12(11)5-10(9)3-8/h4-5,8,13,17H,2-3,6-7H2,1H3,(H2,15,16). The number of amidine groups is 1. The second-order valence-electron chi connectivity index (χ2n) is 5.53. The van der Waals surface area contributed by atoms with Crippen LogP contribution in [0.1, 0.15) is 29.2 Å². The second kappa shape index (κ2) is 3.76. The third-order valence-electron chi connectivity index (χ3n) is 4.12. The lowest BCUT2D eigenvalue weighted by molar-refractivity contribution is 0.314. The van der Waals surface area contributed by atoms with Crippen LogP contribution in [0.5, 0.6) is 0 Å². The van der Waals surface area contributed by atoms with Crippen molar-refractivity contribution in [2.75, 3.05) is 0 Å². The average Bonchev–Trinajstić information content (AvgIpc) is 2.85. The number of nitrogens with zero attached hydrogens (tertiary/aromatic N) is 1. The maximum atomic E-state index is 8.74. The molecule has 2 aliphatic carbocycles. The van der Waals surface area contributed by atoms with Gasteiger partial charge in [-0.15, -0.1) is 0 Å². The van der Waals surface area contributed by atoms with Gasteiger partial charge in [-0.3, -0.25) is 0 Å². The first-order valence-corrected chi connectivity index (χ1v) is 6.28. The second-order valence-corrected chi connectivity index (χ2v) is 5.53. The molecule has 3 heteroatoms. The highest BCUT2D eigenvalue weighted by Crippen LogP contribution is 2.34. The Morgan fingerprint density at radius 1 is 1.12 bits per heavy atom. The Bertz CT molecular complexity index is 458. The van der Waals surface area contributed by atoms with E-state index in [1.807, 2.05) is 0 Å². The van der Waals surface area contributed by atoms with Gasteiger partial charge in [0.2, 0.25) is 0 Å². The zero-order valence-corrected chi connectivity index (χ0v) is 10.1. The Balaban J connectivity index is 1.91. The van der Waals surface area contributed by atoms with Crippen LogP contribution in [-0.2, 0) is 25.7 Å². The van der Waals surface area contributed by atoms with Gasteiger partial charge in [0, 0.05) is 5.92 Å². The number of hydrogen-bond donors (Lipinski definition) is 2. The molecule has 0 saturated heterocycles. The number of nitrogens with two attached hydrogens (primary N) is 1. The van der Waals surface area contributed by atoms with Gasteiger partial charge in [-0.05, 0) is 53.9 Å². The molecule has 3 rings (SSSR count). The van der Waals surface area contributed by atoms with Gasteiger partial charge in [-0.25, -0.2) is 0 Å². The lowest BCUT2D eigenvalue weighted by Crippen LogP contribution is -2.23. The smallest absolute Gasteiger partial charge is 0.142 e. The normalized spacial score (nSPS) is 20.6. The van der Waals surface area contributed by atoms with E-state index in [-0.39, 0.29) is 5.92 Å². The zero-order valence-electron chi connectivity index (χ0n) is 10.1. The summed E-state index contributed by atoms with van der Waals surface area (Å²) in [4.78, 5) is 0. The largest absolute Gasteiger partial charge is 0.409 e. The highest BCUT2D eigenvalue weighted by atomic mass is 16.4. The van der Waals surface area contributed by atoms with E-state index in [9.17, 15) is 0 Å². The molecule has 0 bridgehead atoms. The Labute approximate surface area is 101 Å². The molecule has 0 aromatic heterocycles. The lowest BCUT2D eigenvalue weighted by atomic mass is 10.0. The monoisotopic (exact) mass is 230 g/mol. The molecule has 3 N–H and O–H groups in total. The zero-order chi connectivity index (χ0) is 12.0. The van der Waals surface area contributed by atoms with E-state index in [2.05, 4.69) is 24.2 Å². The van der Waals surface area contributed by atoms with Crippen molar-refractivity contribution in [3.63, 3.8) is 0 Å². The molecule has 0 heterocycles. The molecular weight excluding hydrogens is 212 g/mol. The van der Waals surface area contributed by atoms with Crippen LogP contribution in [0.15, 0.2) is 17.3 Å². The Morgan fingerprint density at radius 2 is 1.59 bits per heavy atom. The summed E-state index contributed by atoms with van der Waals surface area (Å²) in [5.41, 5.74) is 11.5. The Morgan fingerprint density at radius 3 is 2.06 bits per heavy atom. The fourth-order valence-corrected chi connectivity index (χ4v) is 3.27. The van der Waals surface area contributed by atoms with Crippen molar-refractivity contribution in [2.24, 2.45) is 22.7 Å². The van der Waals surface area contributed by atoms with Gasteiger partial charge in [0.25, 0.3) is 0 Å². The molecule has 0 unspecified atom stereocenters. The number of oxime groups is 1. The predicted molar refractivity (Wildman–Crippen MR) is 67.3 cm³/mol. The van der Waals surface area contributed by atoms with E-state index in [1.54, 1.807) is 0 Å². The summed E-state index contributed by atoms with van der Waals surface area (Å²) in [6.07, 6.45) is 4.26. The molecular formula is C14H18N2O. The van der Waals surface area contributed by atoms with Crippen LogP contribution < -0.4 is 5.73 Å². The van der Waals surface area contributed by atoms with Gasteiger partial charge in [-0.1, -0.05) is 24.2 Å². The topological polar surface area (TPSA) is 58.6 Å². The molecule has 0 aliphatic heterocycles. The van der Waals surface area contributed by atoms with Crippen LogP contribution >= 0.6 is 0 Å².